The van der Waals surface area contributed by atoms with Crippen molar-refractivity contribution >= 4 is 17.0 Å². The van der Waals surface area contributed by atoms with Crippen LogP contribution < -0.4 is 4.74 Å². The Morgan fingerprint density at radius 3 is 2.41 bits per heavy atom. The molecule has 37 heavy (non-hydrogen) atoms. The largest absolute Gasteiger partial charge is 0.489 e. The van der Waals surface area contributed by atoms with Crippen LogP contribution in [-0.4, -0.2) is 46.0 Å². The lowest BCUT2D eigenvalue weighted by Crippen LogP contribution is -2.41. The molecule has 2 atom stereocenters. The van der Waals surface area contributed by atoms with Gasteiger partial charge in [0.25, 0.3) is 0 Å². The summed E-state index contributed by atoms with van der Waals surface area (Å²) in [4.78, 5) is 14.0. The van der Waals surface area contributed by atoms with E-state index in [0.29, 0.717) is 6.61 Å². The van der Waals surface area contributed by atoms with Crippen LogP contribution in [0.1, 0.15) is 43.5 Å². The number of aromatic nitrogens is 1. The maximum absolute atomic E-state index is 12.5. The Morgan fingerprint density at radius 1 is 1.00 bits per heavy atom. The highest BCUT2D eigenvalue weighted by atomic mass is 16.6. The standard InChI is InChI=1S/C31H36N2O4/c1-22-11-9-10-14-25(22)21-36-26-15-16-27-24(19-26)17-18-33(27)29(23-12-7-6-8-13-23)28(34)20-32(5)30(35)37-31(2,3)4/h6-19,28-29,34H,20-21H2,1-5H3/t28-,29+/m1/s1. The summed E-state index contributed by atoms with van der Waals surface area (Å²) in [6, 6.07) is 25.7. The molecule has 0 aliphatic heterocycles. The molecule has 1 amide bonds. The van der Waals surface area contributed by atoms with Gasteiger partial charge in [-0.15, -0.1) is 0 Å². The van der Waals surface area contributed by atoms with E-state index in [1.807, 2.05) is 93.7 Å². The molecular formula is C31H36N2O4. The van der Waals surface area contributed by atoms with Crippen molar-refractivity contribution in [3.05, 3.63) is 102 Å². The molecule has 1 N–H and O–H groups in total. The van der Waals surface area contributed by atoms with Crippen LogP contribution in [0.4, 0.5) is 4.79 Å². The number of fused-ring (bicyclic) bond motifs is 1. The first-order valence-electron chi connectivity index (χ1n) is 12.6. The highest BCUT2D eigenvalue weighted by Gasteiger charge is 2.28. The zero-order valence-corrected chi connectivity index (χ0v) is 22.2. The minimum atomic E-state index is -0.868. The topological polar surface area (TPSA) is 63.9 Å². The third kappa shape index (κ3) is 6.52. The van der Waals surface area contributed by atoms with Crippen molar-refractivity contribution in [2.24, 2.45) is 0 Å². The molecule has 6 nitrogen and oxygen atoms in total. The van der Waals surface area contributed by atoms with Gasteiger partial charge in [0.15, 0.2) is 0 Å². The van der Waals surface area contributed by atoms with Gasteiger partial charge in [-0.1, -0.05) is 54.6 Å². The second-order valence-corrected chi connectivity index (χ2v) is 10.4. The van der Waals surface area contributed by atoms with Crippen molar-refractivity contribution < 1.29 is 19.4 Å². The molecule has 0 aliphatic carbocycles. The number of amides is 1. The summed E-state index contributed by atoms with van der Waals surface area (Å²) in [5, 5.41) is 12.4. The van der Waals surface area contributed by atoms with Gasteiger partial charge in [0.2, 0.25) is 0 Å². The lowest BCUT2D eigenvalue weighted by Gasteiger charge is -2.30. The fraction of sp³-hybridized carbons (Fsp3) is 0.323. The van der Waals surface area contributed by atoms with E-state index in [1.165, 1.54) is 10.5 Å². The normalized spacial score (nSPS) is 13.2. The summed E-state index contributed by atoms with van der Waals surface area (Å²) in [5.74, 6) is 0.787. The van der Waals surface area contributed by atoms with E-state index in [1.54, 1.807) is 7.05 Å². The van der Waals surface area contributed by atoms with E-state index in [4.69, 9.17) is 9.47 Å². The van der Waals surface area contributed by atoms with Gasteiger partial charge in [0.1, 0.15) is 18.0 Å². The molecule has 0 saturated heterocycles. The van der Waals surface area contributed by atoms with Gasteiger partial charge in [0, 0.05) is 24.1 Å². The summed E-state index contributed by atoms with van der Waals surface area (Å²) in [6.45, 7) is 8.18. The molecular weight excluding hydrogens is 464 g/mol. The second-order valence-electron chi connectivity index (χ2n) is 10.4. The molecule has 0 bridgehead atoms. The van der Waals surface area contributed by atoms with Gasteiger partial charge >= 0.3 is 6.09 Å². The Kier molecular flexibility index (Phi) is 7.89. The fourth-order valence-corrected chi connectivity index (χ4v) is 4.42. The van der Waals surface area contributed by atoms with Crippen molar-refractivity contribution in [3.8, 4) is 5.75 Å². The minimum Gasteiger partial charge on any atom is -0.489 e. The average Bonchev–Trinajstić information content (AvgIpc) is 3.26. The number of likely N-dealkylation sites (N-methyl/N-ethyl adjacent to an activating group) is 1. The Balaban J connectivity index is 1.58. The number of aliphatic hydroxyl groups excluding tert-OH is 1. The summed E-state index contributed by atoms with van der Waals surface area (Å²) in [6.07, 6.45) is 0.642. The molecule has 0 unspecified atom stereocenters. The Labute approximate surface area is 219 Å². The molecule has 0 fully saturated rings. The Hall–Kier alpha value is -3.77. The van der Waals surface area contributed by atoms with Crippen molar-refractivity contribution in [1.82, 2.24) is 9.47 Å². The second kappa shape index (κ2) is 11.1. The molecule has 3 aromatic carbocycles. The molecule has 6 heteroatoms. The predicted octanol–water partition coefficient (Wildman–Crippen LogP) is 6.35. The smallest absolute Gasteiger partial charge is 0.410 e. The van der Waals surface area contributed by atoms with E-state index in [0.717, 1.165) is 27.8 Å². The third-order valence-corrected chi connectivity index (χ3v) is 6.32. The van der Waals surface area contributed by atoms with Crippen LogP contribution in [0, 0.1) is 6.92 Å². The van der Waals surface area contributed by atoms with Crippen molar-refractivity contribution in [2.45, 2.75) is 52.0 Å². The number of ether oxygens (including phenoxy) is 2. The van der Waals surface area contributed by atoms with Crippen LogP contribution in [0.5, 0.6) is 5.75 Å². The number of aryl methyl sites for hydroxylation is 1. The maximum atomic E-state index is 12.5. The molecule has 1 heterocycles. The van der Waals surface area contributed by atoms with E-state index in [9.17, 15) is 9.90 Å². The van der Waals surface area contributed by atoms with Gasteiger partial charge in [-0.25, -0.2) is 4.79 Å². The molecule has 0 spiro atoms. The highest BCUT2D eigenvalue weighted by Crippen LogP contribution is 2.31. The molecule has 4 aromatic rings. The zero-order chi connectivity index (χ0) is 26.6. The minimum absolute atomic E-state index is 0.117. The zero-order valence-electron chi connectivity index (χ0n) is 22.2. The Morgan fingerprint density at radius 2 is 1.70 bits per heavy atom. The van der Waals surface area contributed by atoms with Gasteiger partial charge in [-0.2, -0.15) is 0 Å². The molecule has 0 aliphatic rings. The number of benzene rings is 3. The van der Waals surface area contributed by atoms with Crippen LogP contribution in [0.15, 0.2) is 85.1 Å². The van der Waals surface area contributed by atoms with E-state index < -0.39 is 23.8 Å². The number of rotatable bonds is 8. The SMILES string of the molecule is Cc1ccccc1COc1ccc2c(ccn2[C@@H](c2ccccc2)[C@H](O)CN(C)C(=O)OC(C)(C)C)c1. The number of hydrogen-bond acceptors (Lipinski definition) is 4. The number of hydrogen-bond donors (Lipinski definition) is 1. The van der Waals surface area contributed by atoms with Crippen molar-refractivity contribution in [3.63, 3.8) is 0 Å². The number of aliphatic hydroxyl groups is 1. The number of carbonyl (C=O) groups is 1. The number of carbonyl (C=O) groups excluding carboxylic acids is 1. The van der Waals surface area contributed by atoms with Crippen LogP contribution in [0.25, 0.3) is 10.9 Å². The van der Waals surface area contributed by atoms with E-state index in [2.05, 4.69) is 23.6 Å². The summed E-state index contributed by atoms with van der Waals surface area (Å²) < 4.78 is 13.6. The molecule has 1 aromatic heterocycles. The molecule has 0 radical (unpaired) electrons. The predicted molar refractivity (Wildman–Crippen MR) is 147 cm³/mol. The average molecular weight is 501 g/mol. The van der Waals surface area contributed by atoms with Crippen LogP contribution in [0.2, 0.25) is 0 Å². The Bertz CT molecular complexity index is 1340. The lowest BCUT2D eigenvalue weighted by molar-refractivity contribution is 0.0168. The fourth-order valence-electron chi connectivity index (χ4n) is 4.42. The van der Waals surface area contributed by atoms with E-state index in [-0.39, 0.29) is 6.54 Å². The van der Waals surface area contributed by atoms with Gasteiger partial charge < -0.3 is 24.0 Å². The third-order valence-electron chi connectivity index (χ3n) is 6.32. The van der Waals surface area contributed by atoms with Crippen LogP contribution in [0.3, 0.4) is 0 Å². The van der Waals surface area contributed by atoms with Gasteiger partial charge in [-0.3, -0.25) is 0 Å². The number of nitrogens with zero attached hydrogens (tertiary/aromatic N) is 2. The first-order chi connectivity index (χ1) is 17.6. The maximum Gasteiger partial charge on any atom is 0.410 e. The van der Waals surface area contributed by atoms with Crippen LogP contribution >= 0.6 is 0 Å². The molecule has 194 valence electrons. The summed E-state index contributed by atoms with van der Waals surface area (Å²) in [7, 11) is 1.64. The quantitative estimate of drug-likeness (QED) is 0.306. The summed E-state index contributed by atoms with van der Waals surface area (Å²) in [5.41, 5.74) is 3.67. The summed E-state index contributed by atoms with van der Waals surface area (Å²) >= 11 is 0. The monoisotopic (exact) mass is 500 g/mol. The van der Waals surface area contributed by atoms with Gasteiger partial charge in [-0.05, 0) is 68.7 Å². The van der Waals surface area contributed by atoms with E-state index >= 15 is 0 Å². The lowest BCUT2D eigenvalue weighted by atomic mass is 10.0. The molecule has 0 saturated carbocycles. The first kappa shape index (κ1) is 26.3. The van der Waals surface area contributed by atoms with Gasteiger partial charge in [0.05, 0.1) is 18.7 Å². The van der Waals surface area contributed by atoms with Crippen molar-refractivity contribution in [2.75, 3.05) is 13.6 Å². The molecule has 4 rings (SSSR count). The van der Waals surface area contributed by atoms with Crippen molar-refractivity contribution in [1.29, 1.82) is 0 Å². The highest BCUT2D eigenvalue weighted by molar-refractivity contribution is 5.82. The first-order valence-corrected chi connectivity index (χ1v) is 12.6. The van der Waals surface area contributed by atoms with Crippen LogP contribution in [-0.2, 0) is 11.3 Å².